The van der Waals surface area contributed by atoms with Crippen LogP contribution in [0, 0.1) is 0 Å². The molecule has 4 heterocycles. The van der Waals surface area contributed by atoms with Gasteiger partial charge in [0.1, 0.15) is 17.3 Å². The predicted molar refractivity (Wildman–Crippen MR) is 129 cm³/mol. The largest absolute Gasteiger partial charge is 0.495 e. The smallest absolute Gasteiger partial charge is 0.141 e. The van der Waals surface area contributed by atoms with Gasteiger partial charge in [-0.25, -0.2) is 4.98 Å². The number of rotatable bonds is 7. The van der Waals surface area contributed by atoms with E-state index in [4.69, 9.17) is 52.5 Å². The minimum Gasteiger partial charge on any atom is -0.495 e. The first-order valence-corrected chi connectivity index (χ1v) is 11.4. The highest BCUT2D eigenvalue weighted by Gasteiger charge is 2.20. The van der Waals surface area contributed by atoms with E-state index in [9.17, 15) is 0 Å². The molecule has 2 saturated heterocycles. The zero-order valence-electron chi connectivity index (χ0n) is 18.2. The summed E-state index contributed by atoms with van der Waals surface area (Å²) in [6.45, 7) is 2.56. The fourth-order valence-electron chi connectivity index (χ4n) is 3.87. The van der Waals surface area contributed by atoms with Crippen LogP contribution in [0.3, 0.4) is 0 Å². The number of aromatic nitrogens is 2. The number of ether oxygens (including phenoxy) is 4. The number of hydrogen-bond acceptors (Lipinski definition) is 7. The Hall–Kier alpha value is -2.52. The average Bonchev–Trinajstić information content (AvgIpc) is 3.30. The monoisotopic (exact) mass is 489 g/mol. The molecule has 0 radical (unpaired) electrons. The molecule has 174 valence electrons. The summed E-state index contributed by atoms with van der Waals surface area (Å²) in [6.07, 6.45) is 2.75. The van der Waals surface area contributed by atoms with Crippen molar-refractivity contribution in [2.45, 2.75) is 18.5 Å². The van der Waals surface area contributed by atoms with Gasteiger partial charge in [-0.15, -0.1) is 0 Å². The fourth-order valence-corrected chi connectivity index (χ4v) is 4.57. The van der Waals surface area contributed by atoms with Crippen LogP contribution in [0.4, 0.5) is 11.6 Å². The van der Waals surface area contributed by atoms with Crippen molar-refractivity contribution in [1.82, 2.24) is 9.97 Å². The molecule has 2 aliphatic heterocycles. The third-order valence-electron chi connectivity index (χ3n) is 5.73. The van der Waals surface area contributed by atoms with Gasteiger partial charge in [0.15, 0.2) is 0 Å². The minimum absolute atomic E-state index is 0.0505. The van der Waals surface area contributed by atoms with Crippen LogP contribution < -0.4 is 14.8 Å². The van der Waals surface area contributed by atoms with E-state index in [2.05, 4.69) is 10.3 Å². The Bertz CT molecular complexity index is 1150. The zero-order chi connectivity index (χ0) is 22.9. The van der Waals surface area contributed by atoms with E-state index in [1.165, 1.54) is 14.2 Å². The molecule has 5 rings (SSSR count). The third-order valence-corrected chi connectivity index (χ3v) is 6.48. The number of anilines is 1. The molecule has 1 unspecified atom stereocenters. The highest BCUT2D eigenvalue weighted by molar-refractivity contribution is 6.41. The average molecular weight is 490 g/mol. The summed E-state index contributed by atoms with van der Waals surface area (Å²) in [7, 11) is 3.08. The maximum absolute atomic E-state index is 6.65. The molecule has 1 atom stereocenters. The number of methoxy groups -OCH3 is 2. The van der Waals surface area contributed by atoms with Crippen molar-refractivity contribution in [3.8, 4) is 22.8 Å². The molecule has 0 bridgehead atoms. The summed E-state index contributed by atoms with van der Waals surface area (Å²) in [4.78, 5) is 9.45. The number of nitrogens with zero attached hydrogens (tertiary/aromatic N) is 3. The lowest BCUT2D eigenvalue weighted by molar-refractivity contribution is 0.0259. The molecule has 10 heteroatoms. The normalized spacial score (nSPS) is 18.2. The second-order valence-corrected chi connectivity index (χ2v) is 8.69. The molecule has 1 aromatic carbocycles. The lowest BCUT2D eigenvalue weighted by Crippen LogP contribution is -2.31. The second kappa shape index (κ2) is 9.38. The van der Waals surface area contributed by atoms with Crippen LogP contribution in [0.15, 0.2) is 24.4 Å². The van der Waals surface area contributed by atoms with E-state index in [1.807, 2.05) is 12.1 Å². The summed E-state index contributed by atoms with van der Waals surface area (Å²) in [5, 5.41) is 10.7. The van der Waals surface area contributed by atoms with E-state index < -0.39 is 0 Å². The molecule has 0 amide bonds. The minimum atomic E-state index is 0.0505. The molecule has 0 aliphatic carbocycles. The highest BCUT2D eigenvalue weighted by atomic mass is 35.5. The zero-order valence-corrected chi connectivity index (χ0v) is 19.7. The van der Waals surface area contributed by atoms with E-state index in [1.54, 1.807) is 12.3 Å². The van der Waals surface area contributed by atoms with E-state index in [0.717, 1.165) is 29.6 Å². The summed E-state index contributed by atoms with van der Waals surface area (Å²) in [5.74, 6) is 2.22. The number of pyridine rings is 2. The molecule has 33 heavy (non-hydrogen) atoms. The van der Waals surface area contributed by atoms with E-state index >= 15 is 0 Å². The predicted octanol–water partition coefficient (Wildman–Crippen LogP) is 5.23. The van der Waals surface area contributed by atoms with Gasteiger partial charge in [0.05, 0.1) is 50.1 Å². The van der Waals surface area contributed by atoms with Gasteiger partial charge < -0.3 is 34.6 Å². The number of nitrogens with one attached hydrogen (secondary N) is 1. The van der Waals surface area contributed by atoms with Crippen LogP contribution >= 0.6 is 23.2 Å². The Morgan fingerprint density at radius 2 is 1.79 bits per heavy atom. The van der Waals surface area contributed by atoms with Gasteiger partial charge in [-0.05, 0) is 29.6 Å². The van der Waals surface area contributed by atoms with Gasteiger partial charge in [-0.3, -0.25) is 0 Å². The first-order chi connectivity index (χ1) is 16.1. The Kier molecular flexibility index (Phi) is 6.34. The number of fused-ring (bicyclic) bond motifs is 1. The van der Waals surface area contributed by atoms with Crippen molar-refractivity contribution >= 4 is 45.6 Å². The Balaban J connectivity index is 1.63. The molecule has 2 fully saturated rings. The van der Waals surface area contributed by atoms with Gasteiger partial charge in [0.25, 0.3) is 0 Å². The van der Waals surface area contributed by atoms with Gasteiger partial charge >= 0.3 is 0 Å². The summed E-state index contributed by atoms with van der Waals surface area (Å²) >= 11 is 13.3. The van der Waals surface area contributed by atoms with Crippen molar-refractivity contribution < 1.29 is 18.9 Å². The van der Waals surface area contributed by atoms with Crippen molar-refractivity contribution in [2.24, 2.45) is 0 Å². The lowest BCUT2D eigenvalue weighted by Gasteiger charge is -2.34. The number of hydrogen-bond donors (Lipinski definition) is 1. The molecule has 2 aliphatic rings. The number of halogens is 2. The maximum Gasteiger partial charge on any atom is 0.141 e. The molecule has 0 spiro atoms. The Morgan fingerprint density at radius 3 is 2.39 bits per heavy atom. The molecule has 8 nitrogen and oxygen atoms in total. The van der Waals surface area contributed by atoms with Crippen LogP contribution in [0.2, 0.25) is 10.0 Å². The summed E-state index contributed by atoms with van der Waals surface area (Å²) < 4.78 is 21.6. The Labute approximate surface area is 201 Å². The molecule has 0 saturated carbocycles. The van der Waals surface area contributed by atoms with E-state index in [-0.39, 0.29) is 12.1 Å². The van der Waals surface area contributed by atoms with Gasteiger partial charge in [0.2, 0.25) is 0 Å². The molecular formula is C23H23Cl2N4O4-. The first-order valence-electron chi connectivity index (χ1n) is 10.6. The van der Waals surface area contributed by atoms with Gasteiger partial charge in [0, 0.05) is 35.9 Å². The quantitative estimate of drug-likeness (QED) is 0.486. The fraction of sp³-hybridized carbons (Fsp3) is 0.391. The van der Waals surface area contributed by atoms with Crippen LogP contribution in [-0.4, -0.2) is 62.7 Å². The highest BCUT2D eigenvalue weighted by Crippen LogP contribution is 2.47. The summed E-state index contributed by atoms with van der Waals surface area (Å²) in [6, 6.07) is 5.81. The molecular weight excluding hydrogens is 467 g/mol. The molecule has 1 N–H and O–H groups in total. The van der Waals surface area contributed by atoms with Crippen molar-refractivity contribution in [1.29, 1.82) is 0 Å². The first kappa shape index (κ1) is 22.3. The topological polar surface area (TPSA) is 88.8 Å². The second-order valence-electron chi connectivity index (χ2n) is 7.93. The van der Waals surface area contributed by atoms with Crippen LogP contribution in [0.25, 0.3) is 27.3 Å². The van der Waals surface area contributed by atoms with E-state index in [0.29, 0.717) is 58.4 Å². The molecule has 2 aromatic heterocycles. The summed E-state index contributed by atoms with van der Waals surface area (Å²) in [5.41, 5.74) is 1.07. The van der Waals surface area contributed by atoms with Crippen LogP contribution in [0.5, 0.6) is 11.5 Å². The van der Waals surface area contributed by atoms with Crippen molar-refractivity contribution in [2.75, 3.05) is 46.0 Å². The van der Waals surface area contributed by atoms with Crippen LogP contribution in [-0.2, 0) is 9.47 Å². The number of benzene rings is 1. The van der Waals surface area contributed by atoms with Gasteiger partial charge in [-0.2, -0.15) is 0 Å². The van der Waals surface area contributed by atoms with Crippen molar-refractivity contribution in [3.63, 3.8) is 0 Å². The van der Waals surface area contributed by atoms with Crippen molar-refractivity contribution in [3.05, 3.63) is 39.8 Å². The van der Waals surface area contributed by atoms with Crippen LogP contribution in [0.1, 0.15) is 6.42 Å². The van der Waals surface area contributed by atoms with Gasteiger partial charge in [-0.1, -0.05) is 29.0 Å². The lowest BCUT2D eigenvalue weighted by atomic mass is 10.1. The third kappa shape index (κ3) is 4.36. The molecule has 3 aromatic rings. The SMILES string of the molecule is COc1cc(OC)c(Cl)c(-c2cc3cnc(NC4CCOC4)cc3c([N-]C3COC3)n2)c1Cl. The Morgan fingerprint density at radius 1 is 1.03 bits per heavy atom. The standard InChI is InChI=1S/C23H23Cl2N4O4/c1-30-17-7-18(31-2)22(25)20(21(17)24)16-5-12-8-26-19(27-13-3-4-32-9-13)6-15(12)23(29-16)28-14-10-33-11-14/h5-8,13-14H,3-4,9-11H2,1-2H3,(H-,26,27,28,29)/q-1. The maximum atomic E-state index is 6.65.